The van der Waals surface area contributed by atoms with Gasteiger partial charge >= 0.3 is 6.03 Å². The van der Waals surface area contributed by atoms with Crippen molar-refractivity contribution in [2.45, 2.75) is 4.84 Å². The lowest BCUT2D eigenvalue weighted by molar-refractivity contribution is 0.211. The van der Waals surface area contributed by atoms with Gasteiger partial charge in [-0.25, -0.2) is 10.6 Å². The van der Waals surface area contributed by atoms with Crippen LogP contribution in [0.5, 0.6) is 0 Å². The van der Waals surface area contributed by atoms with Crippen LogP contribution >= 0.6 is 23.2 Å². The average molecular weight is 172 g/mol. The number of carbonyl (C=O) groups excluding carboxylic acids is 1. The maximum absolute atomic E-state index is 10.1. The molecule has 2 amide bonds. The zero-order valence-corrected chi connectivity index (χ0v) is 6.06. The predicted octanol–water partition coefficient (Wildman–Crippen LogP) is 0.0445. The molecule has 4 N–H and O–H groups in total. The molecule has 0 radical (unpaired) electrons. The minimum Gasteiger partial charge on any atom is -0.350 e. The molecule has 6 heteroatoms. The van der Waals surface area contributed by atoms with Crippen molar-refractivity contribution in [3.8, 4) is 0 Å². The Morgan fingerprint density at radius 1 is 1.67 bits per heavy atom. The van der Waals surface area contributed by atoms with E-state index in [9.17, 15) is 4.79 Å². The molecule has 54 valence electrons. The number of halogens is 2. The number of alkyl halides is 2. The number of urea groups is 1. The zero-order chi connectivity index (χ0) is 7.44. The van der Waals surface area contributed by atoms with E-state index in [0.29, 0.717) is 0 Å². The van der Waals surface area contributed by atoms with E-state index in [0.717, 1.165) is 5.01 Å². The monoisotopic (exact) mass is 171 g/mol. The SMILES string of the molecule is NC(=O)N(N)CC(Cl)Cl. The second-order valence-electron chi connectivity index (χ2n) is 1.38. The van der Waals surface area contributed by atoms with Gasteiger partial charge in [0.05, 0.1) is 6.54 Å². The maximum atomic E-state index is 10.1. The molecule has 0 aliphatic carbocycles. The van der Waals surface area contributed by atoms with Gasteiger partial charge in [0.1, 0.15) is 4.84 Å². The van der Waals surface area contributed by atoms with Crippen molar-refractivity contribution in [2.75, 3.05) is 6.54 Å². The Hall–Kier alpha value is -0.190. The van der Waals surface area contributed by atoms with E-state index in [2.05, 4.69) is 0 Å². The zero-order valence-electron chi connectivity index (χ0n) is 4.55. The molecule has 0 aliphatic heterocycles. The lowest BCUT2D eigenvalue weighted by Crippen LogP contribution is -2.43. The third kappa shape index (κ3) is 4.32. The Labute approximate surface area is 62.6 Å². The van der Waals surface area contributed by atoms with Gasteiger partial charge in [-0.1, -0.05) is 0 Å². The highest BCUT2D eigenvalue weighted by Crippen LogP contribution is 2.00. The van der Waals surface area contributed by atoms with E-state index >= 15 is 0 Å². The number of hydrogen-bond donors (Lipinski definition) is 2. The van der Waals surface area contributed by atoms with Crippen LogP contribution in [0.4, 0.5) is 4.79 Å². The molecule has 9 heavy (non-hydrogen) atoms. The number of primary amides is 1. The average Bonchev–Trinajstić information content (AvgIpc) is 1.63. The smallest absolute Gasteiger partial charge is 0.329 e. The van der Waals surface area contributed by atoms with Crippen molar-refractivity contribution in [2.24, 2.45) is 11.6 Å². The summed E-state index contributed by atoms with van der Waals surface area (Å²) >= 11 is 10.5. The fourth-order valence-electron chi connectivity index (χ4n) is 0.239. The molecular weight excluding hydrogens is 165 g/mol. The van der Waals surface area contributed by atoms with Crippen LogP contribution in [-0.4, -0.2) is 22.4 Å². The van der Waals surface area contributed by atoms with Gasteiger partial charge in [0.15, 0.2) is 0 Å². The summed E-state index contributed by atoms with van der Waals surface area (Å²) in [6, 6.07) is -0.749. The van der Waals surface area contributed by atoms with Crippen molar-refractivity contribution in [3.05, 3.63) is 0 Å². The molecule has 0 spiro atoms. The van der Waals surface area contributed by atoms with Gasteiger partial charge in [0, 0.05) is 0 Å². The predicted molar refractivity (Wildman–Crippen MR) is 36.0 cm³/mol. The highest BCUT2D eigenvalue weighted by Gasteiger charge is 2.07. The highest BCUT2D eigenvalue weighted by molar-refractivity contribution is 6.44. The first kappa shape index (κ1) is 8.81. The first-order chi connectivity index (χ1) is 4.04. The Morgan fingerprint density at radius 2 is 2.11 bits per heavy atom. The van der Waals surface area contributed by atoms with E-state index in [1.165, 1.54) is 0 Å². The first-order valence-electron chi connectivity index (χ1n) is 2.14. The quantitative estimate of drug-likeness (QED) is 0.267. The molecular formula is C3H7Cl2N3O. The minimum atomic E-state index is -0.749. The fraction of sp³-hybridized carbons (Fsp3) is 0.667. The van der Waals surface area contributed by atoms with E-state index in [1.54, 1.807) is 0 Å². The first-order valence-corrected chi connectivity index (χ1v) is 3.01. The van der Waals surface area contributed by atoms with Gasteiger partial charge in [-0.05, 0) is 0 Å². The van der Waals surface area contributed by atoms with Crippen LogP contribution in [0.2, 0.25) is 0 Å². The summed E-state index contributed by atoms with van der Waals surface area (Å²) in [6.07, 6.45) is 0. The summed E-state index contributed by atoms with van der Waals surface area (Å²) in [5.41, 5.74) is 4.73. The van der Waals surface area contributed by atoms with Gasteiger partial charge in [-0.2, -0.15) is 0 Å². The molecule has 0 saturated carbocycles. The summed E-state index contributed by atoms with van der Waals surface area (Å²) < 4.78 is 0. The third-order valence-electron chi connectivity index (χ3n) is 0.618. The molecule has 0 unspecified atom stereocenters. The number of carbonyl (C=O) groups is 1. The van der Waals surface area contributed by atoms with Crippen molar-refractivity contribution in [1.82, 2.24) is 5.01 Å². The molecule has 0 rings (SSSR count). The standard InChI is InChI=1S/C3H7Cl2N3O/c4-2(5)1-8(7)3(6)9/h2H,1,7H2,(H2,6,9). The number of rotatable bonds is 2. The van der Waals surface area contributed by atoms with Crippen molar-refractivity contribution < 1.29 is 4.79 Å². The molecule has 0 aromatic carbocycles. The third-order valence-corrected chi connectivity index (χ3v) is 0.894. The van der Waals surface area contributed by atoms with E-state index in [4.69, 9.17) is 34.8 Å². The molecule has 4 nitrogen and oxygen atoms in total. The van der Waals surface area contributed by atoms with E-state index in [1.807, 2.05) is 0 Å². The van der Waals surface area contributed by atoms with Crippen molar-refractivity contribution >= 4 is 29.2 Å². The lowest BCUT2D eigenvalue weighted by atomic mass is 10.7. The maximum Gasteiger partial charge on any atom is 0.329 e. The molecule has 0 aromatic rings. The van der Waals surface area contributed by atoms with Crippen LogP contribution in [0.3, 0.4) is 0 Å². The van der Waals surface area contributed by atoms with Gasteiger partial charge in [0.2, 0.25) is 0 Å². The molecule has 0 aliphatic rings. The van der Waals surface area contributed by atoms with Crippen LogP contribution in [0.25, 0.3) is 0 Å². The Bertz CT molecular complexity index is 107. The molecule has 0 bridgehead atoms. The minimum absolute atomic E-state index is 0.0401. The number of hydrazine groups is 1. The van der Waals surface area contributed by atoms with Crippen LogP contribution < -0.4 is 11.6 Å². The van der Waals surface area contributed by atoms with Crippen molar-refractivity contribution in [3.63, 3.8) is 0 Å². The topological polar surface area (TPSA) is 72.4 Å². The van der Waals surface area contributed by atoms with E-state index in [-0.39, 0.29) is 6.54 Å². The normalized spacial score (nSPS) is 9.78. The van der Waals surface area contributed by atoms with Gasteiger partial charge in [-0.3, -0.25) is 5.01 Å². The number of amides is 2. The molecule has 0 heterocycles. The number of nitrogens with zero attached hydrogens (tertiary/aromatic N) is 1. The summed E-state index contributed by atoms with van der Waals surface area (Å²) in [5, 5.41) is 0.741. The van der Waals surface area contributed by atoms with Crippen LogP contribution in [0.1, 0.15) is 0 Å². The molecule has 0 atom stereocenters. The summed E-state index contributed by atoms with van der Waals surface area (Å²) in [6.45, 7) is 0.0401. The molecule has 0 saturated heterocycles. The Morgan fingerprint density at radius 3 is 2.22 bits per heavy atom. The van der Waals surface area contributed by atoms with Gasteiger partial charge in [-0.15, -0.1) is 23.2 Å². The Kier molecular flexibility index (Phi) is 3.68. The summed E-state index contributed by atoms with van der Waals surface area (Å²) in [4.78, 5) is 9.45. The summed E-state index contributed by atoms with van der Waals surface area (Å²) in [5.74, 6) is 5.01. The lowest BCUT2D eigenvalue weighted by Gasteiger charge is -2.12. The summed E-state index contributed by atoms with van der Waals surface area (Å²) in [7, 11) is 0. The van der Waals surface area contributed by atoms with Gasteiger partial charge in [0.25, 0.3) is 0 Å². The van der Waals surface area contributed by atoms with E-state index < -0.39 is 10.9 Å². The van der Waals surface area contributed by atoms with Crippen LogP contribution in [0.15, 0.2) is 0 Å². The van der Waals surface area contributed by atoms with Crippen LogP contribution in [0, 0.1) is 0 Å². The second-order valence-corrected chi connectivity index (χ2v) is 2.66. The second kappa shape index (κ2) is 3.76. The van der Waals surface area contributed by atoms with Crippen LogP contribution in [-0.2, 0) is 0 Å². The molecule has 0 fully saturated rings. The number of nitrogens with two attached hydrogens (primary N) is 2. The largest absolute Gasteiger partial charge is 0.350 e. The highest BCUT2D eigenvalue weighted by atomic mass is 35.5. The van der Waals surface area contributed by atoms with Gasteiger partial charge < -0.3 is 5.73 Å². The number of hydrogen-bond acceptors (Lipinski definition) is 2. The van der Waals surface area contributed by atoms with Crippen molar-refractivity contribution in [1.29, 1.82) is 0 Å². The Balaban J connectivity index is 3.50. The molecule has 0 aromatic heterocycles. The fourth-order valence-corrected chi connectivity index (χ4v) is 0.536.